The van der Waals surface area contributed by atoms with E-state index < -0.39 is 6.04 Å². The van der Waals surface area contributed by atoms with E-state index in [4.69, 9.17) is 4.74 Å². The maximum atomic E-state index is 12.1. The first kappa shape index (κ1) is 17.8. The predicted octanol–water partition coefficient (Wildman–Crippen LogP) is 3.46. The molecule has 0 saturated carbocycles. The SMILES string of the molecule is COC(=O)[C@@H](NCc1cnc(-c2cccc(C)c2)nc1)c1ccccc1. The van der Waals surface area contributed by atoms with Crippen LogP contribution in [-0.2, 0) is 16.1 Å². The van der Waals surface area contributed by atoms with Gasteiger partial charge in [0.25, 0.3) is 0 Å². The van der Waals surface area contributed by atoms with Gasteiger partial charge < -0.3 is 4.74 Å². The quantitative estimate of drug-likeness (QED) is 0.692. The zero-order valence-electron chi connectivity index (χ0n) is 14.8. The van der Waals surface area contributed by atoms with Crippen molar-refractivity contribution in [1.29, 1.82) is 0 Å². The van der Waals surface area contributed by atoms with Crippen molar-refractivity contribution in [3.05, 3.63) is 83.7 Å². The Balaban J connectivity index is 1.71. The van der Waals surface area contributed by atoms with Gasteiger partial charge in [-0.2, -0.15) is 0 Å². The summed E-state index contributed by atoms with van der Waals surface area (Å²) in [5, 5.41) is 3.22. The first-order valence-corrected chi connectivity index (χ1v) is 8.41. The minimum Gasteiger partial charge on any atom is -0.468 e. The Morgan fingerprint density at radius 1 is 1.08 bits per heavy atom. The summed E-state index contributed by atoms with van der Waals surface area (Å²) >= 11 is 0. The molecule has 0 saturated heterocycles. The summed E-state index contributed by atoms with van der Waals surface area (Å²) in [4.78, 5) is 21.0. The fourth-order valence-corrected chi connectivity index (χ4v) is 2.70. The van der Waals surface area contributed by atoms with Crippen molar-refractivity contribution in [2.75, 3.05) is 7.11 Å². The lowest BCUT2D eigenvalue weighted by molar-refractivity contribution is -0.143. The van der Waals surface area contributed by atoms with E-state index in [2.05, 4.69) is 21.4 Å². The molecule has 1 aromatic heterocycles. The standard InChI is InChI=1S/C21H21N3O2/c1-15-7-6-10-18(11-15)20-23-13-16(14-24-20)12-22-19(21(25)26-2)17-8-4-3-5-9-17/h3-11,13-14,19,22H,12H2,1-2H3/t19-/m0/s1. The highest BCUT2D eigenvalue weighted by Crippen LogP contribution is 2.17. The zero-order valence-corrected chi connectivity index (χ0v) is 14.8. The molecular weight excluding hydrogens is 326 g/mol. The number of carbonyl (C=O) groups is 1. The van der Waals surface area contributed by atoms with E-state index in [0.717, 1.165) is 16.7 Å². The Hall–Kier alpha value is -3.05. The van der Waals surface area contributed by atoms with Gasteiger partial charge in [0.1, 0.15) is 6.04 Å². The molecule has 0 radical (unpaired) electrons. The highest BCUT2D eigenvalue weighted by Gasteiger charge is 2.20. The number of nitrogens with zero attached hydrogens (tertiary/aromatic N) is 2. The van der Waals surface area contributed by atoms with E-state index in [0.29, 0.717) is 12.4 Å². The molecule has 3 aromatic rings. The van der Waals surface area contributed by atoms with E-state index in [-0.39, 0.29) is 5.97 Å². The van der Waals surface area contributed by atoms with E-state index in [1.165, 1.54) is 12.7 Å². The molecule has 5 heteroatoms. The highest BCUT2D eigenvalue weighted by atomic mass is 16.5. The van der Waals surface area contributed by atoms with Gasteiger partial charge in [-0.25, -0.2) is 14.8 Å². The van der Waals surface area contributed by atoms with E-state index in [1.54, 1.807) is 12.4 Å². The maximum absolute atomic E-state index is 12.1. The number of hydrogen-bond donors (Lipinski definition) is 1. The molecule has 5 nitrogen and oxygen atoms in total. The third kappa shape index (κ3) is 4.32. The zero-order chi connectivity index (χ0) is 18.4. The van der Waals surface area contributed by atoms with Gasteiger partial charge in [0, 0.05) is 30.1 Å². The molecule has 0 spiro atoms. The normalized spacial score (nSPS) is 11.8. The number of aryl methyl sites for hydroxylation is 1. The molecular formula is C21H21N3O2. The summed E-state index contributed by atoms with van der Waals surface area (Å²) in [6.45, 7) is 2.50. The maximum Gasteiger partial charge on any atom is 0.327 e. The van der Waals surface area contributed by atoms with Crippen LogP contribution in [0.25, 0.3) is 11.4 Å². The molecule has 1 heterocycles. The van der Waals surface area contributed by atoms with Gasteiger partial charge >= 0.3 is 5.97 Å². The molecule has 0 fully saturated rings. The van der Waals surface area contributed by atoms with Crippen LogP contribution in [0.3, 0.4) is 0 Å². The fraction of sp³-hybridized carbons (Fsp3) is 0.190. The summed E-state index contributed by atoms with van der Waals surface area (Å²) < 4.78 is 4.91. The first-order chi connectivity index (χ1) is 12.7. The van der Waals surface area contributed by atoms with Gasteiger partial charge in [-0.05, 0) is 18.6 Å². The lowest BCUT2D eigenvalue weighted by Gasteiger charge is -2.16. The first-order valence-electron chi connectivity index (χ1n) is 8.41. The van der Waals surface area contributed by atoms with Crippen LogP contribution in [0.1, 0.15) is 22.7 Å². The Morgan fingerprint density at radius 3 is 2.46 bits per heavy atom. The van der Waals surface area contributed by atoms with Crippen molar-refractivity contribution in [2.24, 2.45) is 0 Å². The molecule has 0 bridgehead atoms. The lowest BCUT2D eigenvalue weighted by atomic mass is 10.1. The number of benzene rings is 2. The molecule has 1 N–H and O–H groups in total. The molecule has 0 unspecified atom stereocenters. The van der Waals surface area contributed by atoms with Gasteiger partial charge in [0.2, 0.25) is 0 Å². The van der Waals surface area contributed by atoms with Crippen LogP contribution in [0, 0.1) is 6.92 Å². The lowest BCUT2D eigenvalue weighted by Crippen LogP contribution is -2.29. The van der Waals surface area contributed by atoms with Gasteiger partial charge in [-0.1, -0.05) is 54.1 Å². The highest BCUT2D eigenvalue weighted by molar-refractivity contribution is 5.77. The summed E-state index contributed by atoms with van der Waals surface area (Å²) in [5.41, 5.74) is 3.91. The summed E-state index contributed by atoms with van der Waals surface area (Å²) in [7, 11) is 1.39. The smallest absolute Gasteiger partial charge is 0.327 e. The second-order valence-corrected chi connectivity index (χ2v) is 6.03. The van der Waals surface area contributed by atoms with Crippen molar-refractivity contribution in [1.82, 2.24) is 15.3 Å². The fourth-order valence-electron chi connectivity index (χ4n) is 2.70. The average Bonchev–Trinajstić information content (AvgIpc) is 2.69. The van der Waals surface area contributed by atoms with E-state index >= 15 is 0 Å². The van der Waals surface area contributed by atoms with Gasteiger partial charge in [0.05, 0.1) is 7.11 Å². The second-order valence-electron chi connectivity index (χ2n) is 6.03. The molecule has 2 aromatic carbocycles. The van der Waals surface area contributed by atoms with Crippen LogP contribution in [0.4, 0.5) is 0 Å². The Kier molecular flexibility index (Phi) is 5.71. The van der Waals surface area contributed by atoms with Gasteiger partial charge in [0.15, 0.2) is 5.82 Å². The number of methoxy groups -OCH3 is 1. The molecule has 0 aliphatic heterocycles. The van der Waals surface area contributed by atoms with E-state index in [1.807, 2.05) is 55.5 Å². The Morgan fingerprint density at radius 2 is 1.81 bits per heavy atom. The predicted molar refractivity (Wildman–Crippen MR) is 100 cm³/mol. The number of esters is 1. The number of carbonyl (C=O) groups excluding carboxylic acids is 1. The molecule has 1 atom stereocenters. The number of ether oxygens (including phenoxy) is 1. The van der Waals surface area contributed by atoms with Crippen molar-refractivity contribution in [2.45, 2.75) is 19.5 Å². The van der Waals surface area contributed by atoms with Crippen LogP contribution in [0.2, 0.25) is 0 Å². The monoisotopic (exact) mass is 347 g/mol. The molecule has 132 valence electrons. The summed E-state index contributed by atoms with van der Waals surface area (Å²) in [6.07, 6.45) is 3.55. The third-order valence-electron chi connectivity index (χ3n) is 4.06. The minimum atomic E-state index is -0.530. The van der Waals surface area contributed by atoms with Crippen molar-refractivity contribution >= 4 is 5.97 Å². The Bertz CT molecular complexity index is 864. The van der Waals surface area contributed by atoms with Gasteiger partial charge in [-0.3, -0.25) is 5.32 Å². The third-order valence-corrected chi connectivity index (χ3v) is 4.06. The van der Waals surface area contributed by atoms with Crippen molar-refractivity contribution in [3.8, 4) is 11.4 Å². The van der Waals surface area contributed by atoms with Crippen LogP contribution in [0.5, 0.6) is 0 Å². The molecule has 3 rings (SSSR count). The average molecular weight is 347 g/mol. The Labute approximate surface area is 153 Å². The summed E-state index contributed by atoms with van der Waals surface area (Å²) in [5.74, 6) is 0.360. The van der Waals surface area contributed by atoms with E-state index in [9.17, 15) is 4.79 Å². The molecule has 26 heavy (non-hydrogen) atoms. The van der Waals surface area contributed by atoms with Crippen LogP contribution < -0.4 is 5.32 Å². The molecule has 0 aliphatic rings. The van der Waals surface area contributed by atoms with Gasteiger partial charge in [-0.15, -0.1) is 0 Å². The largest absolute Gasteiger partial charge is 0.468 e. The topological polar surface area (TPSA) is 64.1 Å². The number of rotatable bonds is 6. The van der Waals surface area contributed by atoms with Crippen molar-refractivity contribution < 1.29 is 9.53 Å². The molecule has 0 aliphatic carbocycles. The van der Waals surface area contributed by atoms with Crippen LogP contribution in [0.15, 0.2) is 67.0 Å². The minimum absolute atomic E-state index is 0.325. The number of nitrogens with one attached hydrogen (secondary N) is 1. The van der Waals surface area contributed by atoms with Crippen molar-refractivity contribution in [3.63, 3.8) is 0 Å². The van der Waals surface area contributed by atoms with Crippen LogP contribution >= 0.6 is 0 Å². The number of hydrogen-bond acceptors (Lipinski definition) is 5. The second kappa shape index (κ2) is 8.36. The number of aromatic nitrogens is 2. The molecule has 0 amide bonds. The van der Waals surface area contributed by atoms with Crippen LogP contribution in [-0.4, -0.2) is 23.0 Å². The summed E-state index contributed by atoms with van der Waals surface area (Å²) in [6, 6.07) is 17.0.